The molecule has 0 aliphatic carbocycles. The molecule has 0 aliphatic heterocycles. The first-order chi connectivity index (χ1) is 10.4. The Kier molecular flexibility index (Phi) is 3.79. The molecule has 0 atom stereocenters. The predicted octanol–water partition coefficient (Wildman–Crippen LogP) is 3.73. The van der Waals surface area contributed by atoms with Gasteiger partial charge in [0.2, 0.25) is 0 Å². The SMILES string of the molecule is N#Cc1cnc2ccccc2c1OCCc1ccccc1. The van der Waals surface area contributed by atoms with E-state index >= 15 is 0 Å². The van der Waals surface area contributed by atoms with Crippen LogP contribution in [0.1, 0.15) is 11.1 Å². The smallest absolute Gasteiger partial charge is 0.148 e. The average molecular weight is 274 g/mol. The number of pyridine rings is 1. The van der Waals surface area contributed by atoms with Gasteiger partial charge in [0.1, 0.15) is 17.4 Å². The summed E-state index contributed by atoms with van der Waals surface area (Å²) < 4.78 is 5.88. The molecule has 0 radical (unpaired) electrons. The highest BCUT2D eigenvalue weighted by Crippen LogP contribution is 2.27. The predicted molar refractivity (Wildman–Crippen MR) is 82.1 cm³/mol. The van der Waals surface area contributed by atoms with Gasteiger partial charge in [-0.15, -0.1) is 0 Å². The quantitative estimate of drug-likeness (QED) is 0.728. The Labute approximate surface area is 123 Å². The van der Waals surface area contributed by atoms with Gasteiger partial charge >= 0.3 is 0 Å². The van der Waals surface area contributed by atoms with Crippen molar-refractivity contribution in [1.82, 2.24) is 4.98 Å². The van der Waals surface area contributed by atoms with Crippen molar-refractivity contribution in [2.24, 2.45) is 0 Å². The summed E-state index contributed by atoms with van der Waals surface area (Å²) in [5, 5.41) is 10.1. The first kappa shape index (κ1) is 13.1. The zero-order chi connectivity index (χ0) is 14.5. The fraction of sp³-hybridized carbons (Fsp3) is 0.111. The van der Waals surface area contributed by atoms with Crippen LogP contribution in [-0.4, -0.2) is 11.6 Å². The minimum Gasteiger partial charge on any atom is -0.491 e. The molecule has 0 unspecified atom stereocenters. The molecular weight excluding hydrogens is 260 g/mol. The van der Waals surface area contributed by atoms with Crippen LogP contribution in [0.25, 0.3) is 10.9 Å². The number of para-hydroxylation sites is 1. The van der Waals surface area contributed by atoms with Crippen LogP contribution in [0.5, 0.6) is 5.75 Å². The van der Waals surface area contributed by atoms with Gasteiger partial charge in [-0.25, -0.2) is 0 Å². The number of nitriles is 1. The van der Waals surface area contributed by atoms with Crippen LogP contribution in [0.4, 0.5) is 0 Å². The van der Waals surface area contributed by atoms with Gasteiger partial charge < -0.3 is 4.74 Å². The molecular formula is C18H14N2O. The Bertz CT molecular complexity index is 791. The molecule has 0 spiro atoms. The highest BCUT2D eigenvalue weighted by Gasteiger charge is 2.09. The number of rotatable bonds is 4. The van der Waals surface area contributed by atoms with Crippen LogP contribution in [0.15, 0.2) is 60.8 Å². The Morgan fingerprint density at radius 2 is 1.76 bits per heavy atom. The minimum absolute atomic E-state index is 0.474. The van der Waals surface area contributed by atoms with E-state index in [1.54, 1.807) is 6.20 Å². The Balaban J connectivity index is 1.84. The largest absolute Gasteiger partial charge is 0.491 e. The van der Waals surface area contributed by atoms with E-state index in [0.29, 0.717) is 17.9 Å². The van der Waals surface area contributed by atoms with E-state index in [-0.39, 0.29) is 0 Å². The number of aromatic nitrogens is 1. The maximum Gasteiger partial charge on any atom is 0.148 e. The van der Waals surface area contributed by atoms with E-state index in [1.165, 1.54) is 5.56 Å². The number of benzene rings is 2. The third-order valence-electron chi connectivity index (χ3n) is 3.33. The molecule has 0 bridgehead atoms. The van der Waals surface area contributed by atoms with Crippen molar-refractivity contribution >= 4 is 10.9 Å². The molecule has 3 aromatic rings. The molecule has 2 aromatic carbocycles. The Morgan fingerprint density at radius 3 is 2.57 bits per heavy atom. The summed E-state index contributed by atoms with van der Waals surface area (Å²) in [7, 11) is 0. The van der Waals surface area contributed by atoms with E-state index in [4.69, 9.17) is 4.74 Å². The number of fused-ring (bicyclic) bond motifs is 1. The lowest BCUT2D eigenvalue weighted by atomic mass is 10.1. The van der Waals surface area contributed by atoms with E-state index in [0.717, 1.165) is 17.3 Å². The van der Waals surface area contributed by atoms with E-state index in [2.05, 4.69) is 23.2 Å². The maximum atomic E-state index is 9.22. The van der Waals surface area contributed by atoms with Crippen molar-refractivity contribution in [3.05, 3.63) is 71.9 Å². The van der Waals surface area contributed by atoms with Gasteiger partial charge in [-0.1, -0.05) is 42.5 Å². The van der Waals surface area contributed by atoms with Crippen molar-refractivity contribution < 1.29 is 4.74 Å². The summed E-state index contributed by atoms with van der Waals surface area (Å²) in [5.74, 6) is 0.624. The van der Waals surface area contributed by atoms with Gasteiger partial charge in [-0.3, -0.25) is 4.98 Å². The van der Waals surface area contributed by atoms with Crippen LogP contribution in [-0.2, 0) is 6.42 Å². The zero-order valence-electron chi connectivity index (χ0n) is 11.5. The van der Waals surface area contributed by atoms with Crippen LogP contribution in [0.3, 0.4) is 0 Å². The van der Waals surface area contributed by atoms with Crippen molar-refractivity contribution in [3.8, 4) is 11.8 Å². The number of hydrogen-bond acceptors (Lipinski definition) is 3. The highest BCUT2D eigenvalue weighted by molar-refractivity contribution is 5.87. The first-order valence-corrected chi connectivity index (χ1v) is 6.83. The average Bonchev–Trinajstić information content (AvgIpc) is 2.56. The Hall–Kier alpha value is -2.86. The molecule has 0 amide bonds. The van der Waals surface area contributed by atoms with Crippen molar-refractivity contribution in [2.75, 3.05) is 6.61 Å². The van der Waals surface area contributed by atoms with Crippen LogP contribution in [0, 0.1) is 11.3 Å². The second-order valence-electron chi connectivity index (χ2n) is 4.71. The molecule has 0 N–H and O–H groups in total. The van der Waals surface area contributed by atoms with Crippen molar-refractivity contribution in [3.63, 3.8) is 0 Å². The summed E-state index contributed by atoms with van der Waals surface area (Å²) in [6.45, 7) is 0.534. The summed E-state index contributed by atoms with van der Waals surface area (Å²) in [5.41, 5.74) is 2.53. The standard InChI is InChI=1S/C18H14N2O/c19-12-15-13-20-17-9-5-4-8-16(17)18(15)21-11-10-14-6-2-1-3-7-14/h1-9,13H,10-11H2. The normalized spacial score (nSPS) is 10.2. The monoisotopic (exact) mass is 274 g/mol. The van der Waals surface area contributed by atoms with Crippen molar-refractivity contribution in [1.29, 1.82) is 5.26 Å². The van der Waals surface area contributed by atoms with E-state index < -0.39 is 0 Å². The summed E-state index contributed by atoms with van der Waals surface area (Å²) in [6.07, 6.45) is 2.38. The van der Waals surface area contributed by atoms with Gasteiger partial charge in [-0.2, -0.15) is 5.26 Å². The summed E-state index contributed by atoms with van der Waals surface area (Å²) in [4.78, 5) is 4.28. The molecule has 3 heteroatoms. The third kappa shape index (κ3) is 2.85. The van der Waals surface area contributed by atoms with Crippen molar-refractivity contribution in [2.45, 2.75) is 6.42 Å². The molecule has 3 nitrogen and oxygen atoms in total. The zero-order valence-corrected chi connectivity index (χ0v) is 11.5. The molecule has 3 rings (SSSR count). The molecule has 1 aromatic heterocycles. The summed E-state index contributed by atoms with van der Waals surface area (Å²) >= 11 is 0. The molecule has 0 saturated heterocycles. The van der Waals surface area contributed by atoms with E-state index in [9.17, 15) is 5.26 Å². The number of ether oxygens (including phenoxy) is 1. The molecule has 21 heavy (non-hydrogen) atoms. The molecule has 0 saturated carbocycles. The second kappa shape index (κ2) is 6.06. The summed E-state index contributed by atoms with van der Waals surface area (Å²) in [6, 6.07) is 20.0. The van der Waals surface area contributed by atoms with Crippen LogP contribution < -0.4 is 4.74 Å². The maximum absolute atomic E-state index is 9.22. The lowest BCUT2D eigenvalue weighted by Gasteiger charge is -2.10. The lowest BCUT2D eigenvalue weighted by Crippen LogP contribution is -2.03. The van der Waals surface area contributed by atoms with Gasteiger partial charge in [0.25, 0.3) is 0 Å². The number of hydrogen-bond donors (Lipinski definition) is 0. The highest BCUT2D eigenvalue weighted by atomic mass is 16.5. The minimum atomic E-state index is 0.474. The molecule has 1 heterocycles. The topological polar surface area (TPSA) is 45.9 Å². The van der Waals surface area contributed by atoms with Gasteiger partial charge in [0.15, 0.2) is 0 Å². The van der Waals surface area contributed by atoms with Gasteiger partial charge in [0, 0.05) is 18.0 Å². The fourth-order valence-electron chi connectivity index (χ4n) is 2.27. The molecule has 0 aliphatic rings. The third-order valence-corrected chi connectivity index (χ3v) is 3.33. The first-order valence-electron chi connectivity index (χ1n) is 6.83. The van der Waals surface area contributed by atoms with Crippen LogP contribution in [0.2, 0.25) is 0 Å². The second-order valence-corrected chi connectivity index (χ2v) is 4.71. The molecule has 0 fully saturated rings. The van der Waals surface area contributed by atoms with E-state index in [1.807, 2.05) is 42.5 Å². The van der Waals surface area contributed by atoms with Gasteiger partial charge in [-0.05, 0) is 17.7 Å². The number of nitrogens with zero attached hydrogens (tertiary/aromatic N) is 2. The fourth-order valence-corrected chi connectivity index (χ4v) is 2.27. The lowest BCUT2D eigenvalue weighted by molar-refractivity contribution is 0.324. The Morgan fingerprint density at radius 1 is 1.00 bits per heavy atom. The van der Waals surface area contributed by atoms with Gasteiger partial charge in [0.05, 0.1) is 12.1 Å². The van der Waals surface area contributed by atoms with Crippen LogP contribution >= 0.6 is 0 Å². The molecule has 102 valence electrons.